The van der Waals surface area contributed by atoms with E-state index >= 15 is 0 Å². The predicted octanol–water partition coefficient (Wildman–Crippen LogP) is 1.70. The first-order chi connectivity index (χ1) is 6.84. The minimum absolute atomic E-state index is 0.174. The Balaban J connectivity index is 1.85. The summed E-state index contributed by atoms with van der Waals surface area (Å²) in [6.45, 7) is 2.32. The van der Waals surface area contributed by atoms with Gasteiger partial charge in [0.05, 0.1) is 6.61 Å². The van der Waals surface area contributed by atoms with Crippen molar-refractivity contribution < 1.29 is 9.13 Å². The normalized spacial score (nSPS) is 21.4. The van der Waals surface area contributed by atoms with Gasteiger partial charge in [0.1, 0.15) is 5.82 Å². The molecule has 14 heavy (non-hydrogen) atoms. The van der Waals surface area contributed by atoms with Crippen molar-refractivity contribution in [2.45, 2.75) is 19.0 Å². The summed E-state index contributed by atoms with van der Waals surface area (Å²) >= 11 is 0. The standard InChI is InChI=1S/C11H14FNO/c12-10-3-1-2-9(6-10)7-13-11-4-5-14-8-11/h1-3,6,11,13H,4-5,7-8H2. The van der Waals surface area contributed by atoms with Gasteiger partial charge in [-0.15, -0.1) is 0 Å². The minimum atomic E-state index is -0.174. The van der Waals surface area contributed by atoms with Crippen molar-refractivity contribution in [2.24, 2.45) is 0 Å². The molecule has 1 aliphatic rings. The summed E-state index contributed by atoms with van der Waals surface area (Å²) in [5.74, 6) is -0.174. The zero-order valence-corrected chi connectivity index (χ0v) is 8.00. The third-order valence-electron chi connectivity index (χ3n) is 2.41. The molecule has 1 heterocycles. The summed E-state index contributed by atoms with van der Waals surface area (Å²) in [5.41, 5.74) is 0.983. The fourth-order valence-electron chi connectivity index (χ4n) is 1.60. The topological polar surface area (TPSA) is 21.3 Å². The molecule has 0 spiro atoms. The SMILES string of the molecule is Fc1cccc(CNC2CCOC2)c1. The highest BCUT2D eigenvalue weighted by molar-refractivity contribution is 5.16. The van der Waals surface area contributed by atoms with E-state index in [1.807, 2.05) is 6.07 Å². The van der Waals surface area contributed by atoms with Crippen LogP contribution in [0.4, 0.5) is 4.39 Å². The van der Waals surface area contributed by atoms with Crippen molar-refractivity contribution in [3.05, 3.63) is 35.6 Å². The van der Waals surface area contributed by atoms with Gasteiger partial charge < -0.3 is 10.1 Å². The average Bonchev–Trinajstić information content (AvgIpc) is 2.67. The largest absolute Gasteiger partial charge is 0.380 e. The van der Waals surface area contributed by atoms with E-state index in [0.717, 1.165) is 25.2 Å². The average molecular weight is 195 g/mol. The molecule has 2 rings (SSSR count). The van der Waals surface area contributed by atoms with Gasteiger partial charge in [0.2, 0.25) is 0 Å². The number of nitrogens with one attached hydrogen (secondary N) is 1. The van der Waals surface area contributed by atoms with Crippen LogP contribution in [0.1, 0.15) is 12.0 Å². The van der Waals surface area contributed by atoms with Crippen LogP contribution in [0.15, 0.2) is 24.3 Å². The van der Waals surface area contributed by atoms with Gasteiger partial charge in [-0.3, -0.25) is 0 Å². The van der Waals surface area contributed by atoms with E-state index in [1.54, 1.807) is 12.1 Å². The Labute approximate surface area is 83.1 Å². The Bertz CT molecular complexity index is 297. The number of halogens is 1. The number of benzene rings is 1. The second-order valence-electron chi connectivity index (χ2n) is 3.57. The van der Waals surface area contributed by atoms with Gasteiger partial charge in [-0.2, -0.15) is 0 Å². The molecule has 1 fully saturated rings. The van der Waals surface area contributed by atoms with Gasteiger partial charge in [0.15, 0.2) is 0 Å². The third kappa shape index (κ3) is 2.53. The van der Waals surface area contributed by atoms with Crippen LogP contribution in [0.5, 0.6) is 0 Å². The summed E-state index contributed by atoms with van der Waals surface area (Å²) in [6, 6.07) is 7.10. The van der Waals surface area contributed by atoms with Crippen molar-refractivity contribution in [3.8, 4) is 0 Å². The fraction of sp³-hybridized carbons (Fsp3) is 0.455. The molecule has 0 radical (unpaired) electrons. The van der Waals surface area contributed by atoms with Crippen LogP contribution >= 0.6 is 0 Å². The molecule has 1 N–H and O–H groups in total. The van der Waals surface area contributed by atoms with Crippen LogP contribution in [0.3, 0.4) is 0 Å². The fourth-order valence-corrected chi connectivity index (χ4v) is 1.60. The van der Waals surface area contributed by atoms with E-state index in [-0.39, 0.29) is 5.82 Å². The van der Waals surface area contributed by atoms with Gasteiger partial charge in [-0.05, 0) is 24.1 Å². The Hall–Kier alpha value is -0.930. The number of ether oxygens (including phenoxy) is 1. The maximum Gasteiger partial charge on any atom is 0.123 e. The molecular formula is C11H14FNO. The minimum Gasteiger partial charge on any atom is -0.380 e. The van der Waals surface area contributed by atoms with Gasteiger partial charge >= 0.3 is 0 Å². The highest BCUT2D eigenvalue weighted by atomic mass is 19.1. The van der Waals surface area contributed by atoms with E-state index in [1.165, 1.54) is 6.07 Å². The summed E-state index contributed by atoms with van der Waals surface area (Å²) in [5, 5.41) is 3.33. The second kappa shape index (κ2) is 4.53. The summed E-state index contributed by atoms with van der Waals surface area (Å²) in [7, 11) is 0. The lowest BCUT2D eigenvalue weighted by atomic mass is 10.2. The van der Waals surface area contributed by atoms with Crippen LogP contribution in [0, 0.1) is 5.82 Å². The number of rotatable bonds is 3. The van der Waals surface area contributed by atoms with Gasteiger partial charge in [0.25, 0.3) is 0 Å². The molecule has 1 unspecified atom stereocenters. The van der Waals surface area contributed by atoms with E-state index in [0.29, 0.717) is 12.6 Å². The summed E-state index contributed by atoms with van der Waals surface area (Å²) < 4.78 is 18.0. The maximum atomic E-state index is 12.8. The number of hydrogen-bond donors (Lipinski definition) is 1. The molecule has 0 aliphatic carbocycles. The predicted molar refractivity (Wildman–Crippen MR) is 52.5 cm³/mol. The zero-order valence-electron chi connectivity index (χ0n) is 8.00. The summed E-state index contributed by atoms with van der Waals surface area (Å²) in [6.07, 6.45) is 1.05. The van der Waals surface area contributed by atoms with Gasteiger partial charge in [-0.1, -0.05) is 12.1 Å². The molecule has 1 aliphatic heterocycles. The zero-order chi connectivity index (χ0) is 9.80. The van der Waals surface area contributed by atoms with E-state index in [2.05, 4.69) is 5.32 Å². The second-order valence-corrected chi connectivity index (χ2v) is 3.57. The molecule has 0 amide bonds. The monoisotopic (exact) mass is 195 g/mol. The van der Waals surface area contributed by atoms with Crippen LogP contribution in [0.25, 0.3) is 0 Å². The van der Waals surface area contributed by atoms with Crippen LogP contribution in [0.2, 0.25) is 0 Å². The molecule has 1 aromatic carbocycles. The highest BCUT2D eigenvalue weighted by Crippen LogP contribution is 2.07. The first-order valence-corrected chi connectivity index (χ1v) is 4.90. The Kier molecular flexibility index (Phi) is 3.11. The number of hydrogen-bond acceptors (Lipinski definition) is 2. The molecule has 1 atom stereocenters. The molecule has 1 aromatic rings. The first kappa shape index (κ1) is 9.62. The molecular weight excluding hydrogens is 181 g/mol. The van der Waals surface area contributed by atoms with E-state index < -0.39 is 0 Å². The molecule has 3 heteroatoms. The van der Waals surface area contributed by atoms with Crippen LogP contribution < -0.4 is 5.32 Å². The van der Waals surface area contributed by atoms with Crippen LogP contribution in [-0.4, -0.2) is 19.3 Å². The van der Waals surface area contributed by atoms with E-state index in [4.69, 9.17) is 4.74 Å². The molecule has 0 bridgehead atoms. The lowest BCUT2D eigenvalue weighted by molar-refractivity contribution is 0.190. The first-order valence-electron chi connectivity index (χ1n) is 4.90. The molecule has 1 saturated heterocycles. The molecule has 2 nitrogen and oxygen atoms in total. The van der Waals surface area contributed by atoms with Gasteiger partial charge in [0, 0.05) is 19.2 Å². The Morgan fingerprint density at radius 1 is 1.50 bits per heavy atom. The lowest BCUT2D eigenvalue weighted by Crippen LogP contribution is -2.28. The Morgan fingerprint density at radius 3 is 3.14 bits per heavy atom. The van der Waals surface area contributed by atoms with Gasteiger partial charge in [-0.25, -0.2) is 4.39 Å². The van der Waals surface area contributed by atoms with Crippen molar-refractivity contribution in [3.63, 3.8) is 0 Å². The van der Waals surface area contributed by atoms with Crippen molar-refractivity contribution in [2.75, 3.05) is 13.2 Å². The Morgan fingerprint density at radius 2 is 2.43 bits per heavy atom. The van der Waals surface area contributed by atoms with Crippen molar-refractivity contribution in [1.29, 1.82) is 0 Å². The lowest BCUT2D eigenvalue weighted by Gasteiger charge is -2.10. The van der Waals surface area contributed by atoms with Crippen molar-refractivity contribution in [1.82, 2.24) is 5.32 Å². The molecule has 0 saturated carbocycles. The third-order valence-corrected chi connectivity index (χ3v) is 2.41. The van der Waals surface area contributed by atoms with E-state index in [9.17, 15) is 4.39 Å². The maximum absolute atomic E-state index is 12.8. The highest BCUT2D eigenvalue weighted by Gasteiger charge is 2.14. The van der Waals surface area contributed by atoms with Crippen LogP contribution in [-0.2, 0) is 11.3 Å². The molecule has 0 aromatic heterocycles. The summed E-state index contributed by atoms with van der Waals surface area (Å²) in [4.78, 5) is 0. The molecule has 76 valence electrons. The smallest absolute Gasteiger partial charge is 0.123 e. The van der Waals surface area contributed by atoms with Crippen molar-refractivity contribution >= 4 is 0 Å². The quantitative estimate of drug-likeness (QED) is 0.792.